The van der Waals surface area contributed by atoms with Crippen molar-refractivity contribution in [3.8, 4) is 5.75 Å². The molecule has 7 atom stereocenters. The Labute approximate surface area is 605 Å². The van der Waals surface area contributed by atoms with E-state index >= 15 is 0 Å². The lowest BCUT2D eigenvalue weighted by molar-refractivity contribution is -0.128. The zero-order valence-electron chi connectivity index (χ0n) is 56.3. The van der Waals surface area contributed by atoms with Crippen molar-refractivity contribution in [1.82, 2.24) is 25.1 Å². The summed E-state index contributed by atoms with van der Waals surface area (Å²) < 4.78 is 35.6. The number of amides is 3. The van der Waals surface area contributed by atoms with Crippen LogP contribution in [0, 0.1) is 23.7 Å². The smallest absolute Gasteiger partial charge is 0.255 e. The van der Waals surface area contributed by atoms with Gasteiger partial charge in [-0.25, -0.2) is 0 Å². The van der Waals surface area contributed by atoms with Gasteiger partial charge in [-0.3, -0.25) is 33.6 Å². The molecule has 524 valence electrons. The predicted molar refractivity (Wildman–Crippen MR) is 386 cm³/mol. The van der Waals surface area contributed by atoms with E-state index in [1.807, 2.05) is 91.9 Å². The molecule has 0 spiro atoms. The second kappa shape index (κ2) is 34.6. The van der Waals surface area contributed by atoms with Crippen LogP contribution in [-0.2, 0) is 69.8 Å². The second-order valence-electron chi connectivity index (χ2n) is 26.2. The molecule has 7 heterocycles. The maximum Gasteiger partial charge on any atom is 0.255 e. The van der Waals surface area contributed by atoms with E-state index < -0.39 is 11.2 Å². The number of halogens is 6. The van der Waals surface area contributed by atoms with E-state index in [1.165, 1.54) is 7.11 Å². The van der Waals surface area contributed by atoms with Gasteiger partial charge in [0.2, 0.25) is 11.8 Å². The minimum Gasteiger partial charge on any atom is -0.496 e. The second-order valence-corrected chi connectivity index (χ2v) is 29.2. The molecule has 0 unspecified atom stereocenters. The molecular formula is C74H83BrCl5N5O13. The van der Waals surface area contributed by atoms with E-state index in [1.54, 1.807) is 54.6 Å². The van der Waals surface area contributed by atoms with E-state index in [9.17, 15) is 33.6 Å². The van der Waals surface area contributed by atoms with Gasteiger partial charge >= 0.3 is 0 Å². The minimum atomic E-state index is -0.679. The molecule has 12 rings (SSSR count). The van der Waals surface area contributed by atoms with Crippen molar-refractivity contribution in [1.29, 1.82) is 0 Å². The number of hydrogen-bond acceptors (Lipinski definition) is 13. The number of ether oxygens (including phenoxy) is 6. The fourth-order valence-corrected chi connectivity index (χ4v) is 12.2. The quantitative estimate of drug-likeness (QED) is 0.0357. The number of benzene rings is 5. The molecule has 5 aliphatic heterocycles. The number of Topliss-reactive ketones (excluding diaryl/α,β-unsaturated/α-hetero) is 4. The standard InChI is InChI=1S/C20H24BrNO3.C20H25NO3.C12H12ClNO3.2C11H11Cl2NO2/c1-12(2)7-13(19(24)20(3)11-25-20)8-18(23)16-10-22(4)17-6-5-14(21)9-15(16)17;1-13(2)9-14(19(23)20(3)12-24-20)10-18(22)16-11-21(4)17-8-6-5-7-15(16)17;1-7-10(6-17-7)14-12(15)9-5-8(13)3-4-11(9)16-2;2*12-9-2-1-7(3-10(9)13)4-11(15)14-5-8-6-16-8/h5-6,9-10,12-13H,7-8,11H2,1-4H3;5-8,11,13-14H,9-10,12H2,1-4H3;3-5,10H,1,6H2,2H3,(H,14,15);2*1-3,8H,4-6H2,(H,14,15)/t13-,20-;14-,20-;10-;2*8-/m11010/s1. The summed E-state index contributed by atoms with van der Waals surface area (Å²) in [5.74, 6) is 1.08. The summed E-state index contributed by atoms with van der Waals surface area (Å²) in [5, 5.41) is 12.7. The highest BCUT2D eigenvalue weighted by atomic mass is 79.9. The maximum absolute atomic E-state index is 13.0. The number of ketones is 4. The van der Waals surface area contributed by atoms with Crippen molar-refractivity contribution in [3.05, 3.63) is 179 Å². The van der Waals surface area contributed by atoms with Crippen molar-refractivity contribution in [3.63, 3.8) is 0 Å². The normalized spacial score (nSPS) is 19.6. The monoisotopic (exact) mass is 1500 g/mol. The molecule has 2 aromatic heterocycles. The Morgan fingerprint density at radius 1 is 0.612 bits per heavy atom. The van der Waals surface area contributed by atoms with Gasteiger partial charge in [-0.2, -0.15) is 0 Å². The fourth-order valence-electron chi connectivity index (χ4n) is 11.0. The van der Waals surface area contributed by atoms with Crippen molar-refractivity contribution < 1.29 is 62.0 Å². The van der Waals surface area contributed by atoms with Gasteiger partial charge in [0.15, 0.2) is 23.1 Å². The third-order valence-corrected chi connectivity index (χ3v) is 19.1. The van der Waals surface area contributed by atoms with Gasteiger partial charge in [-0.05, 0) is 116 Å². The van der Waals surface area contributed by atoms with Crippen LogP contribution in [0.3, 0.4) is 0 Å². The van der Waals surface area contributed by atoms with E-state index in [4.69, 9.17) is 86.4 Å². The fraction of sp³-hybridized carbons (Fsp3) is 0.419. The lowest BCUT2D eigenvalue weighted by atomic mass is 9.83. The Morgan fingerprint density at radius 3 is 1.50 bits per heavy atom. The first-order chi connectivity index (χ1) is 46.4. The molecule has 5 aliphatic rings. The topological polar surface area (TPSA) is 234 Å². The van der Waals surface area contributed by atoms with Gasteiger partial charge in [0.1, 0.15) is 35.4 Å². The summed E-state index contributed by atoms with van der Waals surface area (Å²) in [7, 11) is 5.38. The first kappa shape index (κ1) is 77.1. The van der Waals surface area contributed by atoms with E-state index in [0.717, 1.165) is 50.6 Å². The average Bonchev–Trinajstić information content (AvgIpc) is 1.64. The Balaban J connectivity index is 0.000000158. The molecule has 0 aliphatic carbocycles. The van der Waals surface area contributed by atoms with Gasteiger partial charge in [-0.1, -0.05) is 139 Å². The van der Waals surface area contributed by atoms with Gasteiger partial charge in [-0.15, -0.1) is 0 Å². The highest BCUT2D eigenvalue weighted by Crippen LogP contribution is 2.37. The number of rotatable bonds is 25. The van der Waals surface area contributed by atoms with Crippen molar-refractivity contribution in [2.45, 2.75) is 110 Å². The van der Waals surface area contributed by atoms with Crippen molar-refractivity contribution in [2.75, 3.05) is 53.2 Å². The van der Waals surface area contributed by atoms with Crippen LogP contribution in [0.1, 0.15) is 109 Å². The summed E-state index contributed by atoms with van der Waals surface area (Å²) in [5.41, 5.74) is 4.19. The van der Waals surface area contributed by atoms with Crippen LogP contribution in [0.15, 0.2) is 126 Å². The van der Waals surface area contributed by atoms with Gasteiger partial charge in [0, 0.05) is 107 Å². The molecule has 0 bridgehead atoms. The summed E-state index contributed by atoms with van der Waals surface area (Å²) in [6.45, 7) is 19.7. The zero-order valence-corrected chi connectivity index (χ0v) is 61.7. The summed E-state index contributed by atoms with van der Waals surface area (Å²) in [6, 6.07) is 28.9. The number of para-hydroxylation sites is 1. The Hall–Kier alpha value is -6.62. The molecule has 3 amide bonds. The average molecular weight is 1510 g/mol. The number of aryl methyl sites for hydroxylation is 2. The molecule has 7 aromatic rings. The molecule has 5 aromatic carbocycles. The highest BCUT2D eigenvalue weighted by molar-refractivity contribution is 9.10. The predicted octanol–water partition coefficient (Wildman–Crippen LogP) is 14.4. The number of aromatic nitrogens is 2. The van der Waals surface area contributed by atoms with E-state index in [0.29, 0.717) is 124 Å². The number of carbonyl (C=O) groups excluding carboxylic acids is 7. The van der Waals surface area contributed by atoms with Crippen LogP contribution in [0.4, 0.5) is 0 Å². The SMILES string of the molecule is C=C1OC[C@@H]1NC(=O)c1cc(Cl)ccc1OC.CC(C)C[C@H](CC(=O)c1cn(C)c2ccc(Br)cc12)C(=O)[C@@]1(C)CO1.CC(C)C[C@H](CC(=O)c1cn(C)c2ccccc12)C(=O)[C@@]1(C)CO1.O=C(Cc1ccc(Cl)c(Cl)c1)NC[C@@H]1CO1.O=C(Cc1ccc(Cl)c(Cl)c1)NC[C@H]1CO1. The molecule has 24 heteroatoms. The summed E-state index contributed by atoms with van der Waals surface area (Å²) in [6.07, 6.45) is 6.69. The molecular weight excluding hydrogens is 1420 g/mol. The number of carbonyl (C=O) groups is 7. The van der Waals surface area contributed by atoms with Crippen LogP contribution in [0.25, 0.3) is 21.8 Å². The van der Waals surface area contributed by atoms with Gasteiger partial charge in [0.25, 0.3) is 5.91 Å². The number of epoxide rings is 4. The minimum absolute atomic E-state index is 0.0203. The molecule has 0 saturated carbocycles. The maximum atomic E-state index is 13.0. The van der Waals surface area contributed by atoms with Crippen LogP contribution in [0.5, 0.6) is 5.75 Å². The lowest BCUT2D eigenvalue weighted by Gasteiger charge is -2.30. The first-order valence-corrected chi connectivity index (χ1v) is 34.9. The molecule has 3 N–H and O–H groups in total. The van der Waals surface area contributed by atoms with Crippen molar-refractivity contribution in [2.24, 2.45) is 37.8 Å². The number of methoxy groups -OCH3 is 1. The van der Waals surface area contributed by atoms with Gasteiger partial charge in [0.05, 0.1) is 84.2 Å². The van der Waals surface area contributed by atoms with Crippen LogP contribution >= 0.6 is 73.9 Å². The number of hydrogen-bond donors (Lipinski definition) is 3. The Bertz CT molecular complexity index is 4000. The van der Waals surface area contributed by atoms with Crippen LogP contribution in [0.2, 0.25) is 25.1 Å². The number of fused-ring (bicyclic) bond motifs is 2. The molecule has 5 saturated heterocycles. The highest BCUT2D eigenvalue weighted by Gasteiger charge is 2.51. The molecule has 18 nitrogen and oxygen atoms in total. The largest absolute Gasteiger partial charge is 0.496 e. The van der Waals surface area contributed by atoms with Crippen molar-refractivity contribution >= 4 is 137 Å². The third kappa shape index (κ3) is 22.2. The number of nitrogens with one attached hydrogen (secondary N) is 3. The van der Waals surface area contributed by atoms with Crippen LogP contribution in [-0.4, -0.2) is 133 Å². The van der Waals surface area contributed by atoms with Gasteiger partial charge < -0.3 is 53.5 Å². The molecule has 0 radical (unpaired) electrons. The van der Waals surface area contributed by atoms with E-state index in [2.05, 4.69) is 66.2 Å². The van der Waals surface area contributed by atoms with E-state index in [-0.39, 0.29) is 83.8 Å². The summed E-state index contributed by atoms with van der Waals surface area (Å²) >= 11 is 32.6. The molecule has 5 fully saturated rings. The van der Waals surface area contributed by atoms with Crippen LogP contribution < -0.4 is 20.7 Å². The zero-order chi connectivity index (χ0) is 71.3. The number of nitrogens with zero attached hydrogens (tertiary/aromatic N) is 2. The third-order valence-electron chi connectivity index (χ3n) is 16.9. The summed E-state index contributed by atoms with van der Waals surface area (Å²) in [4.78, 5) is 86.4. The lowest BCUT2D eigenvalue weighted by Crippen LogP contribution is -2.46. The first-order valence-electron chi connectivity index (χ1n) is 32.3. The Morgan fingerprint density at radius 2 is 1.08 bits per heavy atom. The molecule has 98 heavy (non-hydrogen) atoms. The Kier molecular flexibility index (Phi) is 27.3.